The molecule has 0 amide bonds. The van der Waals surface area contributed by atoms with Gasteiger partial charge in [0.05, 0.1) is 18.1 Å². The van der Waals surface area contributed by atoms with Gasteiger partial charge in [0, 0.05) is 12.4 Å². The zero-order valence-electron chi connectivity index (χ0n) is 6.60. The summed E-state index contributed by atoms with van der Waals surface area (Å²) in [6.07, 6.45) is 6.64. The standard InChI is InChI=1S/C7H11N3O/c1-7(2,5-9-11)10-4-3-8-6-10/h3-6,11H,1-2H3/b9-5+. The van der Waals surface area contributed by atoms with Gasteiger partial charge in [-0.15, -0.1) is 0 Å². The van der Waals surface area contributed by atoms with E-state index in [1.807, 2.05) is 24.6 Å². The minimum Gasteiger partial charge on any atom is -0.411 e. The lowest BCUT2D eigenvalue weighted by atomic mass is 10.1. The molecule has 4 nitrogen and oxygen atoms in total. The highest BCUT2D eigenvalue weighted by Crippen LogP contribution is 2.10. The van der Waals surface area contributed by atoms with Gasteiger partial charge in [-0.3, -0.25) is 0 Å². The monoisotopic (exact) mass is 153 g/mol. The molecule has 11 heavy (non-hydrogen) atoms. The van der Waals surface area contributed by atoms with Gasteiger partial charge in [0.25, 0.3) is 0 Å². The Morgan fingerprint density at radius 1 is 1.64 bits per heavy atom. The van der Waals surface area contributed by atoms with Crippen LogP contribution >= 0.6 is 0 Å². The number of rotatable bonds is 2. The van der Waals surface area contributed by atoms with Gasteiger partial charge < -0.3 is 9.77 Å². The molecule has 1 rings (SSSR count). The van der Waals surface area contributed by atoms with Crippen LogP contribution in [0.1, 0.15) is 13.8 Å². The van der Waals surface area contributed by atoms with Gasteiger partial charge in [0.15, 0.2) is 0 Å². The highest BCUT2D eigenvalue weighted by Gasteiger charge is 2.15. The summed E-state index contributed by atoms with van der Waals surface area (Å²) >= 11 is 0. The number of nitrogens with zero attached hydrogens (tertiary/aromatic N) is 3. The SMILES string of the molecule is CC(C)(/C=N/O)n1ccnc1. The van der Waals surface area contributed by atoms with E-state index in [0.29, 0.717) is 0 Å². The molecule has 0 aliphatic carbocycles. The first-order valence-corrected chi connectivity index (χ1v) is 3.34. The van der Waals surface area contributed by atoms with Crippen LogP contribution in [0.4, 0.5) is 0 Å². The van der Waals surface area contributed by atoms with Gasteiger partial charge in [-0.25, -0.2) is 4.98 Å². The molecule has 0 spiro atoms. The molecule has 1 aromatic rings. The Bertz CT molecular complexity index is 238. The molecule has 0 bridgehead atoms. The highest BCUT2D eigenvalue weighted by atomic mass is 16.4. The van der Waals surface area contributed by atoms with Gasteiger partial charge in [0.1, 0.15) is 0 Å². The minimum absolute atomic E-state index is 0.314. The third-order valence-corrected chi connectivity index (χ3v) is 1.54. The molecule has 0 atom stereocenters. The summed E-state index contributed by atoms with van der Waals surface area (Å²) < 4.78 is 1.85. The summed E-state index contributed by atoms with van der Waals surface area (Å²) in [6.45, 7) is 3.85. The van der Waals surface area contributed by atoms with Crippen molar-refractivity contribution in [3.8, 4) is 0 Å². The molecular weight excluding hydrogens is 142 g/mol. The molecule has 1 heterocycles. The van der Waals surface area contributed by atoms with Crippen molar-refractivity contribution in [1.29, 1.82) is 0 Å². The summed E-state index contributed by atoms with van der Waals surface area (Å²) in [7, 11) is 0. The molecule has 0 saturated heterocycles. The van der Waals surface area contributed by atoms with E-state index in [9.17, 15) is 0 Å². The Kier molecular flexibility index (Phi) is 1.94. The maximum atomic E-state index is 8.34. The maximum absolute atomic E-state index is 8.34. The number of imidazole rings is 1. The van der Waals surface area contributed by atoms with E-state index >= 15 is 0 Å². The predicted molar refractivity (Wildman–Crippen MR) is 41.8 cm³/mol. The van der Waals surface area contributed by atoms with Crippen LogP contribution < -0.4 is 0 Å². The number of aromatic nitrogens is 2. The molecule has 0 unspecified atom stereocenters. The summed E-state index contributed by atoms with van der Waals surface area (Å²) in [5.74, 6) is 0. The van der Waals surface area contributed by atoms with Crippen LogP contribution in [0.2, 0.25) is 0 Å². The third-order valence-electron chi connectivity index (χ3n) is 1.54. The van der Waals surface area contributed by atoms with Gasteiger partial charge in [-0.05, 0) is 13.8 Å². The van der Waals surface area contributed by atoms with Crippen molar-refractivity contribution in [2.45, 2.75) is 19.4 Å². The van der Waals surface area contributed by atoms with Crippen molar-refractivity contribution < 1.29 is 5.21 Å². The first-order chi connectivity index (χ1) is 5.17. The summed E-state index contributed by atoms with van der Waals surface area (Å²) in [5, 5.41) is 11.3. The minimum atomic E-state index is -0.314. The van der Waals surface area contributed by atoms with Crippen molar-refractivity contribution >= 4 is 6.21 Å². The van der Waals surface area contributed by atoms with E-state index < -0.39 is 0 Å². The van der Waals surface area contributed by atoms with Gasteiger partial charge in [-0.2, -0.15) is 0 Å². The van der Waals surface area contributed by atoms with E-state index in [4.69, 9.17) is 5.21 Å². The van der Waals surface area contributed by atoms with Crippen molar-refractivity contribution in [3.05, 3.63) is 18.7 Å². The molecule has 0 aromatic carbocycles. The van der Waals surface area contributed by atoms with Crippen LogP contribution in [0.3, 0.4) is 0 Å². The second kappa shape index (κ2) is 2.74. The first-order valence-electron chi connectivity index (χ1n) is 3.34. The normalized spacial score (nSPS) is 12.5. The van der Waals surface area contributed by atoms with E-state index in [-0.39, 0.29) is 5.54 Å². The predicted octanol–water partition coefficient (Wildman–Crippen LogP) is 1.08. The van der Waals surface area contributed by atoms with Crippen molar-refractivity contribution in [3.63, 3.8) is 0 Å². The van der Waals surface area contributed by atoms with E-state index in [2.05, 4.69) is 10.1 Å². The molecule has 0 fully saturated rings. The quantitative estimate of drug-likeness (QED) is 0.392. The topological polar surface area (TPSA) is 50.4 Å². The fraction of sp³-hybridized carbons (Fsp3) is 0.429. The molecule has 0 aliphatic rings. The second-order valence-corrected chi connectivity index (χ2v) is 2.87. The average molecular weight is 153 g/mol. The summed E-state index contributed by atoms with van der Waals surface area (Å²) in [5.41, 5.74) is -0.314. The Labute approximate surface area is 65.2 Å². The van der Waals surface area contributed by atoms with Crippen LogP contribution in [-0.4, -0.2) is 21.0 Å². The summed E-state index contributed by atoms with van der Waals surface area (Å²) in [6, 6.07) is 0. The number of hydrogen-bond acceptors (Lipinski definition) is 3. The van der Waals surface area contributed by atoms with Gasteiger partial charge in [0.2, 0.25) is 0 Å². The fourth-order valence-corrected chi connectivity index (χ4v) is 0.808. The van der Waals surface area contributed by atoms with Crippen molar-refractivity contribution in [1.82, 2.24) is 9.55 Å². The van der Waals surface area contributed by atoms with E-state index in [1.165, 1.54) is 6.21 Å². The van der Waals surface area contributed by atoms with Gasteiger partial charge in [-0.1, -0.05) is 5.16 Å². The van der Waals surface area contributed by atoms with Crippen molar-refractivity contribution in [2.24, 2.45) is 5.16 Å². The molecule has 60 valence electrons. The van der Waals surface area contributed by atoms with Gasteiger partial charge >= 0.3 is 0 Å². The number of oxime groups is 1. The lowest BCUT2D eigenvalue weighted by Crippen LogP contribution is -2.26. The zero-order valence-corrected chi connectivity index (χ0v) is 6.60. The average Bonchev–Trinajstić information content (AvgIpc) is 2.37. The van der Waals surface area contributed by atoms with Crippen LogP contribution in [0, 0.1) is 0 Å². The highest BCUT2D eigenvalue weighted by molar-refractivity contribution is 5.66. The lowest BCUT2D eigenvalue weighted by Gasteiger charge is -2.19. The molecule has 0 aliphatic heterocycles. The Hall–Kier alpha value is -1.32. The molecule has 4 heteroatoms. The Morgan fingerprint density at radius 3 is 2.82 bits per heavy atom. The lowest BCUT2D eigenvalue weighted by molar-refractivity contribution is 0.313. The van der Waals surface area contributed by atoms with Crippen LogP contribution in [0.25, 0.3) is 0 Å². The summed E-state index contributed by atoms with van der Waals surface area (Å²) in [4.78, 5) is 3.89. The molecular formula is C7H11N3O. The smallest absolute Gasteiger partial charge is 0.0954 e. The van der Waals surface area contributed by atoms with Crippen LogP contribution in [-0.2, 0) is 5.54 Å². The number of hydrogen-bond donors (Lipinski definition) is 1. The Balaban J connectivity index is 2.90. The zero-order chi connectivity index (χ0) is 8.32. The fourth-order valence-electron chi connectivity index (χ4n) is 0.808. The third kappa shape index (κ3) is 1.58. The second-order valence-electron chi connectivity index (χ2n) is 2.87. The molecule has 1 aromatic heterocycles. The van der Waals surface area contributed by atoms with Crippen LogP contribution in [0.5, 0.6) is 0 Å². The molecule has 0 radical (unpaired) electrons. The van der Waals surface area contributed by atoms with E-state index in [1.54, 1.807) is 12.5 Å². The molecule has 1 N–H and O–H groups in total. The molecule has 0 saturated carbocycles. The largest absolute Gasteiger partial charge is 0.411 e. The van der Waals surface area contributed by atoms with Crippen LogP contribution in [0.15, 0.2) is 23.9 Å². The maximum Gasteiger partial charge on any atom is 0.0954 e. The van der Waals surface area contributed by atoms with E-state index in [0.717, 1.165) is 0 Å². The first kappa shape index (κ1) is 7.78. The van der Waals surface area contributed by atoms with Crippen molar-refractivity contribution in [2.75, 3.05) is 0 Å². The Morgan fingerprint density at radius 2 is 2.36 bits per heavy atom.